The number of rotatable bonds is 13. The minimum atomic E-state index is 0.717. The van der Waals surface area contributed by atoms with Crippen LogP contribution in [0.25, 0.3) is 0 Å². The molecule has 0 heteroatoms. The molecule has 3 aliphatic rings. The molecule has 0 spiro atoms. The van der Waals surface area contributed by atoms with Crippen LogP contribution in [0, 0.1) is 35.5 Å². The molecule has 0 aliphatic heterocycles. The van der Waals surface area contributed by atoms with Crippen LogP contribution in [0.15, 0.2) is 48.6 Å². The minimum Gasteiger partial charge on any atom is -0.0848 e. The fourth-order valence-electron chi connectivity index (χ4n) is 7.64. The predicted octanol–water partition coefficient (Wildman–Crippen LogP) is 11.3. The van der Waals surface area contributed by atoms with Gasteiger partial charge in [0, 0.05) is 0 Å². The summed E-state index contributed by atoms with van der Waals surface area (Å²) in [6.45, 7) is 4.60. The highest BCUT2D eigenvalue weighted by molar-refractivity contribution is 5.22. The van der Waals surface area contributed by atoms with E-state index in [2.05, 4.69) is 62.4 Å². The Labute approximate surface area is 230 Å². The summed E-state index contributed by atoms with van der Waals surface area (Å²) in [6.07, 6.45) is 37.1. The van der Waals surface area contributed by atoms with Gasteiger partial charge in [-0.1, -0.05) is 101 Å². The van der Waals surface area contributed by atoms with E-state index in [1.54, 1.807) is 5.56 Å². The molecule has 3 aliphatic carbocycles. The van der Waals surface area contributed by atoms with E-state index in [-0.39, 0.29) is 0 Å². The first-order valence-electron chi connectivity index (χ1n) is 16.7. The fourth-order valence-corrected chi connectivity index (χ4v) is 7.64. The number of aryl methyl sites for hydroxylation is 2. The molecule has 1 aromatic carbocycles. The monoisotopic (exact) mass is 502 g/mol. The van der Waals surface area contributed by atoms with Crippen molar-refractivity contribution in [2.45, 2.75) is 136 Å². The molecule has 0 radical (unpaired) electrons. The Morgan fingerprint density at radius 3 is 1.86 bits per heavy atom. The van der Waals surface area contributed by atoms with Crippen molar-refractivity contribution in [1.29, 1.82) is 0 Å². The van der Waals surface area contributed by atoms with Crippen molar-refractivity contribution in [3.63, 3.8) is 0 Å². The summed E-state index contributed by atoms with van der Waals surface area (Å²) in [7, 11) is 0. The maximum Gasteiger partial charge on any atom is -0.00531 e. The molecule has 0 nitrogen and oxygen atoms in total. The predicted molar refractivity (Wildman–Crippen MR) is 163 cm³/mol. The zero-order valence-electron chi connectivity index (χ0n) is 24.5. The quantitative estimate of drug-likeness (QED) is 0.186. The Morgan fingerprint density at radius 2 is 1.24 bits per heavy atom. The van der Waals surface area contributed by atoms with Gasteiger partial charge in [-0.2, -0.15) is 0 Å². The van der Waals surface area contributed by atoms with Gasteiger partial charge in [-0.25, -0.2) is 0 Å². The van der Waals surface area contributed by atoms with Gasteiger partial charge in [0.05, 0.1) is 0 Å². The molecule has 2 unspecified atom stereocenters. The molecule has 0 bridgehead atoms. The van der Waals surface area contributed by atoms with Crippen LogP contribution in [0.3, 0.4) is 0 Å². The van der Waals surface area contributed by atoms with Crippen LogP contribution in [0.1, 0.15) is 134 Å². The van der Waals surface area contributed by atoms with Gasteiger partial charge in [-0.15, -0.1) is 0 Å². The Hall–Kier alpha value is -1.30. The van der Waals surface area contributed by atoms with Crippen LogP contribution < -0.4 is 0 Å². The average molecular weight is 503 g/mol. The Bertz CT molecular complexity index is 782. The average Bonchev–Trinajstić information content (AvgIpc) is 2.96. The highest BCUT2D eigenvalue weighted by Gasteiger charge is 2.30. The van der Waals surface area contributed by atoms with E-state index in [4.69, 9.17) is 0 Å². The van der Waals surface area contributed by atoms with Crippen LogP contribution in [-0.4, -0.2) is 0 Å². The van der Waals surface area contributed by atoms with E-state index in [9.17, 15) is 0 Å². The Morgan fingerprint density at radius 1 is 0.595 bits per heavy atom. The van der Waals surface area contributed by atoms with Crippen molar-refractivity contribution in [2.75, 3.05) is 0 Å². The molecule has 0 aromatic heterocycles. The van der Waals surface area contributed by atoms with Gasteiger partial charge in [0.2, 0.25) is 0 Å². The molecule has 1 aromatic rings. The van der Waals surface area contributed by atoms with Crippen molar-refractivity contribution in [3.8, 4) is 0 Å². The van der Waals surface area contributed by atoms with E-state index in [0.717, 1.165) is 35.5 Å². The number of benzene rings is 1. The molecule has 0 saturated heterocycles. The van der Waals surface area contributed by atoms with Gasteiger partial charge in [0.15, 0.2) is 0 Å². The van der Waals surface area contributed by atoms with Crippen molar-refractivity contribution in [1.82, 2.24) is 0 Å². The summed E-state index contributed by atoms with van der Waals surface area (Å²) in [6, 6.07) is 9.56. The maximum atomic E-state index is 2.62. The lowest BCUT2D eigenvalue weighted by atomic mass is 9.68. The molecular weight excluding hydrogens is 444 g/mol. The summed E-state index contributed by atoms with van der Waals surface area (Å²) in [4.78, 5) is 0. The van der Waals surface area contributed by atoms with Gasteiger partial charge in [-0.05, 0) is 130 Å². The molecule has 2 saturated carbocycles. The second-order valence-electron chi connectivity index (χ2n) is 13.2. The van der Waals surface area contributed by atoms with Crippen LogP contribution >= 0.6 is 0 Å². The summed E-state index contributed by atoms with van der Waals surface area (Å²) in [5.41, 5.74) is 3.08. The fraction of sp³-hybridized carbons (Fsp3) is 0.730. The Kier molecular flexibility index (Phi) is 12.4. The van der Waals surface area contributed by atoms with Gasteiger partial charge in [-0.3, -0.25) is 0 Å². The first kappa shape index (κ1) is 28.7. The largest absolute Gasteiger partial charge is 0.0848 e. The molecule has 0 heterocycles. The van der Waals surface area contributed by atoms with Crippen LogP contribution in [0.4, 0.5) is 0 Å². The number of unbranched alkanes of at least 4 members (excludes halogenated alkanes) is 3. The molecule has 206 valence electrons. The summed E-state index contributed by atoms with van der Waals surface area (Å²) >= 11 is 0. The van der Waals surface area contributed by atoms with Crippen LogP contribution in [0.5, 0.6) is 0 Å². The van der Waals surface area contributed by atoms with Crippen molar-refractivity contribution in [3.05, 3.63) is 59.7 Å². The first-order valence-corrected chi connectivity index (χ1v) is 16.7. The van der Waals surface area contributed by atoms with Crippen LogP contribution in [0.2, 0.25) is 0 Å². The van der Waals surface area contributed by atoms with Gasteiger partial charge < -0.3 is 0 Å². The zero-order chi connectivity index (χ0) is 25.7. The summed E-state index contributed by atoms with van der Waals surface area (Å²) < 4.78 is 0. The highest BCUT2D eigenvalue weighted by atomic mass is 14.4. The highest BCUT2D eigenvalue weighted by Crippen LogP contribution is 2.42. The molecule has 4 rings (SSSR count). The second-order valence-corrected chi connectivity index (χ2v) is 13.2. The Balaban J connectivity index is 1.09. The second kappa shape index (κ2) is 16.0. The van der Waals surface area contributed by atoms with Gasteiger partial charge in [0.1, 0.15) is 0 Å². The molecule has 2 atom stereocenters. The summed E-state index contributed by atoms with van der Waals surface area (Å²) in [5.74, 6) is 5.48. The topological polar surface area (TPSA) is 0 Å². The third-order valence-corrected chi connectivity index (χ3v) is 10.4. The maximum absolute atomic E-state index is 2.62. The summed E-state index contributed by atoms with van der Waals surface area (Å²) in [5, 5.41) is 0. The molecular formula is C37H58. The lowest BCUT2D eigenvalue weighted by Crippen LogP contribution is -2.25. The molecule has 37 heavy (non-hydrogen) atoms. The van der Waals surface area contributed by atoms with E-state index in [1.165, 1.54) is 128 Å². The van der Waals surface area contributed by atoms with E-state index < -0.39 is 0 Å². The van der Waals surface area contributed by atoms with Crippen LogP contribution in [-0.2, 0) is 12.8 Å². The number of hydrogen-bond acceptors (Lipinski definition) is 0. The van der Waals surface area contributed by atoms with Crippen molar-refractivity contribution >= 4 is 0 Å². The lowest BCUT2D eigenvalue weighted by Gasteiger charge is -2.37. The SMILES string of the molecule is CCCCCC1C=CC(/C=C/C2CCC(C3CCC(CCc4ccc(CCCC)cc4)CC3)CC2)CC1. The molecule has 0 N–H and O–H groups in total. The third-order valence-electron chi connectivity index (χ3n) is 10.4. The molecule has 0 amide bonds. The lowest BCUT2D eigenvalue weighted by molar-refractivity contribution is 0.152. The molecule has 2 fully saturated rings. The van der Waals surface area contributed by atoms with Gasteiger partial charge in [0.25, 0.3) is 0 Å². The zero-order valence-corrected chi connectivity index (χ0v) is 24.5. The van der Waals surface area contributed by atoms with Crippen molar-refractivity contribution in [2.24, 2.45) is 35.5 Å². The van der Waals surface area contributed by atoms with Gasteiger partial charge >= 0.3 is 0 Å². The van der Waals surface area contributed by atoms with E-state index >= 15 is 0 Å². The minimum absolute atomic E-state index is 0.717. The third kappa shape index (κ3) is 9.75. The smallest absolute Gasteiger partial charge is 0.00531 e. The number of allylic oxidation sites excluding steroid dienone is 4. The first-order chi connectivity index (χ1) is 18.2. The van der Waals surface area contributed by atoms with Crippen molar-refractivity contribution < 1.29 is 0 Å². The number of hydrogen-bond donors (Lipinski definition) is 0. The van der Waals surface area contributed by atoms with E-state index in [1.807, 2.05) is 0 Å². The normalized spacial score (nSPS) is 30.6. The standard InChI is InChI=1S/C37H58/c1-3-5-7-9-31-12-16-33(17-13-31)19-21-35-24-28-37(29-25-35)36-26-22-34(23-27-36)20-18-32-14-10-30(11-15-32)8-6-4-2/h10-12,14-16,19,21,31,33-37H,3-9,13,17-18,20,22-29H2,1-2H3/b21-19+. The van der Waals surface area contributed by atoms with E-state index in [0.29, 0.717) is 0 Å².